The number of carbonyl (C=O) groups is 2. The monoisotopic (exact) mass is 475 g/mol. The van der Waals surface area contributed by atoms with E-state index in [2.05, 4.69) is 5.32 Å². The number of anilines is 1. The van der Waals surface area contributed by atoms with Crippen molar-refractivity contribution in [2.75, 3.05) is 31.5 Å². The minimum atomic E-state index is -3.67. The molecule has 1 aliphatic rings. The molecule has 178 valence electrons. The maximum atomic E-state index is 13.2. The molecule has 2 amide bonds. The Bertz CT molecular complexity index is 1120. The third kappa shape index (κ3) is 5.59. The topological polar surface area (TPSA) is 86.8 Å². The van der Waals surface area contributed by atoms with Gasteiger partial charge in [-0.3, -0.25) is 9.59 Å². The Morgan fingerprint density at radius 1 is 1.12 bits per heavy atom. The number of amides is 2. The van der Waals surface area contributed by atoms with Gasteiger partial charge in [0.1, 0.15) is 5.82 Å². The van der Waals surface area contributed by atoms with E-state index in [1.54, 1.807) is 37.8 Å². The first-order valence-electron chi connectivity index (χ1n) is 11.1. The van der Waals surface area contributed by atoms with Crippen molar-refractivity contribution in [1.29, 1.82) is 0 Å². The lowest BCUT2D eigenvalue weighted by Gasteiger charge is -2.32. The van der Waals surface area contributed by atoms with Gasteiger partial charge in [-0.1, -0.05) is 19.9 Å². The summed E-state index contributed by atoms with van der Waals surface area (Å²) in [5, 5.41) is 2.82. The van der Waals surface area contributed by atoms with Crippen LogP contribution in [0.4, 0.5) is 10.1 Å². The quantitative estimate of drug-likeness (QED) is 0.662. The van der Waals surface area contributed by atoms with Gasteiger partial charge in [-0.15, -0.1) is 0 Å². The minimum absolute atomic E-state index is 0.167. The van der Waals surface area contributed by atoms with Crippen LogP contribution in [-0.2, 0) is 14.8 Å². The molecule has 0 bridgehead atoms. The Morgan fingerprint density at radius 2 is 1.79 bits per heavy atom. The van der Waals surface area contributed by atoms with E-state index in [1.165, 1.54) is 34.6 Å². The van der Waals surface area contributed by atoms with Crippen LogP contribution in [0.15, 0.2) is 47.4 Å². The Labute approximate surface area is 194 Å². The fourth-order valence-corrected chi connectivity index (χ4v) is 5.76. The second kappa shape index (κ2) is 10.4. The number of nitrogens with zero attached hydrogens (tertiary/aromatic N) is 2. The van der Waals surface area contributed by atoms with Crippen molar-refractivity contribution in [3.05, 3.63) is 59.4 Å². The van der Waals surface area contributed by atoms with Crippen molar-refractivity contribution in [1.82, 2.24) is 9.21 Å². The third-order valence-corrected chi connectivity index (χ3v) is 8.14. The van der Waals surface area contributed by atoms with Gasteiger partial charge < -0.3 is 10.2 Å². The fourth-order valence-electron chi connectivity index (χ4n) is 4.05. The SMILES string of the molecule is CCN(CC)S(=O)(=O)c1cc(NC(=O)C2CCCN(C(=O)c3ccc(F)cc3)C2)ccc1C. The summed E-state index contributed by atoms with van der Waals surface area (Å²) in [6, 6.07) is 10.2. The van der Waals surface area contributed by atoms with Crippen LogP contribution in [0, 0.1) is 18.7 Å². The van der Waals surface area contributed by atoms with E-state index in [1.807, 2.05) is 0 Å². The Balaban J connectivity index is 1.73. The molecule has 1 heterocycles. The zero-order chi connectivity index (χ0) is 24.2. The van der Waals surface area contributed by atoms with E-state index >= 15 is 0 Å². The van der Waals surface area contributed by atoms with Gasteiger partial charge in [-0.25, -0.2) is 12.8 Å². The molecule has 1 unspecified atom stereocenters. The van der Waals surface area contributed by atoms with Gasteiger partial charge in [0.25, 0.3) is 5.91 Å². The number of nitrogens with one attached hydrogen (secondary N) is 1. The molecule has 2 aromatic rings. The second-order valence-electron chi connectivity index (χ2n) is 8.16. The van der Waals surface area contributed by atoms with Gasteiger partial charge in [0, 0.05) is 37.4 Å². The lowest BCUT2D eigenvalue weighted by molar-refractivity contribution is -0.121. The Hall–Kier alpha value is -2.78. The highest BCUT2D eigenvalue weighted by atomic mass is 32.2. The van der Waals surface area contributed by atoms with Gasteiger partial charge in [-0.2, -0.15) is 4.31 Å². The summed E-state index contributed by atoms with van der Waals surface area (Å²) in [6.45, 7) is 6.77. The van der Waals surface area contributed by atoms with Crippen LogP contribution in [0.1, 0.15) is 42.6 Å². The van der Waals surface area contributed by atoms with E-state index in [4.69, 9.17) is 0 Å². The molecule has 1 saturated heterocycles. The summed E-state index contributed by atoms with van der Waals surface area (Å²) in [5.41, 5.74) is 1.38. The van der Waals surface area contributed by atoms with E-state index in [9.17, 15) is 22.4 Å². The summed E-state index contributed by atoms with van der Waals surface area (Å²) >= 11 is 0. The van der Waals surface area contributed by atoms with Crippen LogP contribution in [-0.4, -0.2) is 55.6 Å². The zero-order valence-corrected chi connectivity index (χ0v) is 20.0. The Kier molecular flexibility index (Phi) is 7.86. The number of hydrogen-bond donors (Lipinski definition) is 1. The average Bonchev–Trinajstić information content (AvgIpc) is 2.81. The molecule has 9 heteroatoms. The van der Waals surface area contributed by atoms with Gasteiger partial charge in [0.05, 0.1) is 10.8 Å². The molecule has 1 atom stereocenters. The number of aryl methyl sites for hydroxylation is 1. The molecule has 0 radical (unpaired) electrons. The number of benzene rings is 2. The van der Waals surface area contributed by atoms with Gasteiger partial charge in [0.15, 0.2) is 0 Å². The van der Waals surface area contributed by atoms with Crippen molar-refractivity contribution in [2.45, 2.75) is 38.5 Å². The number of hydrogen-bond acceptors (Lipinski definition) is 4. The highest BCUT2D eigenvalue weighted by molar-refractivity contribution is 7.89. The Morgan fingerprint density at radius 3 is 2.42 bits per heavy atom. The molecule has 0 spiro atoms. The number of halogens is 1. The molecule has 7 nitrogen and oxygen atoms in total. The van der Waals surface area contributed by atoms with Crippen LogP contribution < -0.4 is 5.32 Å². The molecule has 1 fully saturated rings. The standard InChI is InChI=1S/C24H30FN3O4S/c1-4-28(5-2)33(31,32)22-15-21(13-8-17(22)3)26-23(29)19-7-6-14-27(16-19)24(30)18-9-11-20(25)12-10-18/h8-13,15,19H,4-7,14,16H2,1-3H3,(H,26,29). The maximum absolute atomic E-state index is 13.2. The highest BCUT2D eigenvalue weighted by Gasteiger charge is 2.30. The number of sulfonamides is 1. The summed E-state index contributed by atoms with van der Waals surface area (Å²) in [7, 11) is -3.67. The fraction of sp³-hybridized carbons (Fsp3) is 0.417. The third-order valence-electron chi connectivity index (χ3n) is 5.95. The van der Waals surface area contributed by atoms with Gasteiger partial charge >= 0.3 is 0 Å². The lowest BCUT2D eigenvalue weighted by atomic mass is 9.96. The normalized spacial score (nSPS) is 16.6. The minimum Gasteiger partial charge on any atom is -0.338 e. The van der Waals surface area contributed by atoms with Crippen molar-refractivity contribution in [3.8, 4) is 0 Å². The van der Waals surface area contributed by atoms with Crippen molar-refractivity contribution < 1.29 is 22.4 Å². The molecular formula is C24H30FN3O4S. The summed E-state index contributed by atoms with van der Waals surface area (Å²) < 4.78 is 40.5. The molecular weight excluding hydrogens is 445 g/mol. The maximum Gasteiger partial charge on any atom is 0.253 e. The predicted molar refractivity (Wildman–Crippen MR) is 125 cm³/mol. The average molecular weight is 476 g/mol. The molecule has 33 heavy (non-hydrogen) atoms. The van der Waals surface area contributed by atoms with Crippen LogP contribution in [0.5, 0.6) is 0 Å². The summed E-state index contributed by atoms with van der Waals surface area (Å²) in [4.78, 5) is 27.5. The highest BCUT2D eigenvalue weighted by Crippen LogP contribution is 2.25. The first-order valence-corrected chi connectivity index (χ1v) is 12.6. The van der Waals surface area contributed by atoms with Crippen LogP contribution in [0.2, 0.25) is 0 Å². The molecule has 2 aromatic carbocycles. The first kappa shape index (κ1) is 24.9. The predicted octanol–water partition coefficient (Wildman–Crippen LogP) is 3.66. The van der Waals surface area contributed by atoms with E-state index in [0.29, 0.717) is 49.3 Å². The van der Waals surface area contributed by atoms with Gasteiger partial charge in [0.2, 0.25) is 15.9 Å². The lowest BCUT2D eigenvalue weighted by Crippen LogP contribution is -2.43. The number of likely N-dealkylation sites (tertiary alicyclic amines) is 1. The van der Waals surface area contributed by atoms with E-state index in [-0.39, 0.29) is 23.3 Å². The van der Waals surface area contributed by atoms with E-state index in [0.717, 1.165) is 0 Å². The van der Waals surface area contributed by atoms with Crippen LogP contribution in [0.3, 0.4) is 0 Å². The number of carbonyl (C=O) groups excluding carboxylic acids is 2. The molecule has 0 aliphatic carbocycles. The molecule has 1 aliphatic heterocycles. The van der Waals surface area contributed by atoms with Crippen molar-refractivity contribution in [2.24, 2.45) is 5.92 Å². The van der Waals surface area contributed by atoms with Crippen molar-refractivity contribution in [3.63, 3.8) is 0 Å². The van der Waals surface area contributed by atoms with Crippen LogP contribution in [0.25, 0.3) is 0 Å². The first-order chi connectivity index (χ1) is 15.7. The second-order valence-corrected chi connectivity index (χ2v) is 10.1. The molecule has 0 saturated carbocycles. The summed E-state index contributed by atoms with van der Waals surface area (Å²) in [5.74, 6) is -1.34. The molecule has 0 aromatic heterocycles. The smallest absolute Gasteiger partial charge is 0.253 e. The van der Waals surface area contributed by atoms with Crippen molar-refractivity contribution >= 4 is 27.5 Å². The summed E-state index contributed by atoms with van der Waals surface area (Å²) in [6.07, 6.45) is 1.29. The van der Waals surface area contributed by atoms with Gasteiger partial charge in [-0.05, 0) is 61.7 Å². The molecule has 1 N–H and O–H groups in total. The molecule has 3 rings (SSSR count). The largest absolute Gasteiger partial charge is 0.338 e. The number of rotatable bonds is 7. The zero-order valence-electron chi connectivity index (χ0n) is 19.2. The van der Waals surface area contributed by atoms with E-state index < -0.39 is 21.8 Å². The van der Waals surface area contributed by atoms with Crippen LogP contribution >= 0.6 is 0 Å². The number of piperidine rings is 1.